The second-order valence-electron chi connectivity index (χ2n) is 9.33. The van der Waals surface area contributed by atoms with Crippen LogP contribution in [0.3, 0.4) is 0 Å². The molecule has 0 saturated carbocycles. The zero-order chi connectivity index (χ0) is 30.2. The van der Waals surface area contributed by atoms with Gasteiger partial charge in [0, 0.05) is 24.5 Å². The largest absolute Gasteiger partial charge is 0.497 e. The van der Waals surface area contributed by atoms with E-state index in [1.807, 2.05) is 30.3 Å². The molecule has 4 aromatic rings. The lowest BCUT2D eigenvalue weighted by molar-refractivity contribution is -0.105. The maximum atomic E-state index is 14.2. The highest BCUT2D eigenvalue weighted by Crippen LogP contribution is 2.20. The minimum Gasteiger partial charge on any atom is -0.497 e. The van der Waals surface area contributed by atoms with Crippen molar-refractivity contribution in [3.05, 3.63) is 134 Å². The molecule has 0 unspecified atom stereocenters. The number of nitrogens with one attached hydrogen (secondary N) is 2. The number of nitrogens with zero attached hydrogens (tertiary/aromatic N) is 3. The molecule has 3 aromatic carbocycles. The molecule has 216 valence electrons. The average molecular weight is 574 g/mol. The lowest BCUT2D eigenvalue weighted by atomic mass is 10.0. The fourth-order valence-corrected chi connectivity index (χ4v) is 4.27. The second-order valence-corrected chi connectivity index (χ2v) is 9.33. The smallest absolute Gasteiger partial charge is 0.355 e. The molecule has 0 fully saturated rings. The van der Waals surface area contributed by atoms with Crippen LogP contribution >= 0.6 is 0 Å². The predicted octanol–water partition coefficient (Wildman–Crippen LogP) is 4.18. The first kappa shape index (κ1) is 29.7. The summed E-state index contributed by atoms with van der Waals surface area (Å²) in [5.74, 6) is -1.59. The number of halogens is 2. The summed E-state index contributed by atoms with van der Waals surface area (Å²) in [4.78, 5) is 43.1. The van der Waals surface area contributed by atoms with Crippen molar-refractivity contribution in [2.45, 2.75) is 20.0 Å². The van der Waals surface area contributed by atoms with E-state index in [0.717, 1.165) is 20.8 Å². The van der Waals surface area contributed by atoms with E-state index in [9.17, 15) is 23.2 Å². The molecule has 11 heteroatoms. The average Bonchev–Trinajstić information content (AvgIpc) is 2.99. The summed E-state index contributed by atoms with van der Waals surface area (Å²) in [6, 6.07) is 18.3. The van der Waals surface area contributed by atoms with E-state index in [0.29, 0.717) is 23.3 Å². The van der Waals surface area contributed by atoms with Crippen molar-refractivity contribution in [1.29, 1.82) is 0 Å². The SMILES string of the molecule is CN/C=C(\C=C(/C=O)Cn1c(=O)nc(Nc2ccc(OC)cc2)n(Cc2cc(C)c(F)c(F)c2)c1=O)c1ccccc1. The number of allylic oxidation sites excluding steroid dienone is 3. The van der Waals surface area contributed by atoms with Gasteiger partial charge in [-0.2, -0.15) is 4.98 Å². The van der Waals surface area contributed by atoms with Crippen LogP contribution in [0.1, 0.15) is 16.7 Å². The molecule has 4 rings (SSSR count). The van der Waals surface area contributed by atoms with Crippen LogP contribution < -0.4 is 26.7 Å². The Morgan fingerprint density at radius 1 is 1.02 bits per heavy atom. The van der Waals surface area contributed by atoms with E-state index in [1.54, 1.807) is 43.6 Å². The summed E-state index contributed by atoms with van der Waals surface area (Å²) in [7, 11) is 3.23. The Labute approximate surface area is 240 Å². The highest BCUT2D eigenvalue weighted by molar-refractivity contribution is 5.83. The van der Waals surface area contributed by atoms with Crippen LogP contribution in [0.4, 0.5) is 20.4 Å². The molecule has 0 aliphatic rings. The van der Waals surface area contributed by atoms with Crippen LogP contribution in [0, 0.1) is 18.6 Å². The summed E-state index contributed by atoms with van der Waals surface area (Å²) >= 11 is 0. The highest BCUT2D eigenvalue weighted by Gasteiger charge is 2.17. The van der Waals surface area contributed by atoms with Crippen molar-refractivity contribution < 1.29 is 18.3 Å². The standard InChI is InChI=1S/C31H29F2N5O4/c1-20-13-21(15-27(32)28(20)33)17-37-29(35-25-9-11-26(42-3)12-10-25)36-30(40)38(31(37)41)18-22(19-39)14-24(16-34-2)23-7-5-4-6-8-23/h4-16,19,34H,17-18H2,1-3H3,(H,35,36,40)/b22-14-,24-16+. The third kappa shape index (κ3) is 6.87. The monoisotopic (exact) mass is 573 g/mol. The van der Waals surface area contributed by atoms with E-state index in [2.05, 4.69) is 15.6 Å². The molecule has 1 aromatic heterocycles. The van der Waals surface area contributed by atoms with E-state index >= 15 is 0 Å². The Hall–Kier alpha value is -5.32. The minimum atomic E-state index is -1.07. The van der Waals surface area contributed by atoms with Crippen LogP contribution in [0.5, 0.6) is 5.75 Å². The van der Waals surface area contributed by atoms with Crippen molar-refractivity contribution in [1.82, 2.24) is 19.4 Å². The van der Waals surface area contributed by atoms with Gasteiger partial charge in [-0.1, -0.05) is 36.4 Å². The predicted molar refractivity (Wildman–Crippen MR) is 157 cm³/mol. The first-order valence-corrected chi connectivity index (χ1v) is 12.9. The highest BCUT2D eigenvalue weighted by atomic mass is 19.2. The molecular formula is C31H29F2N5O4. The maximum Gasteiger partial charge on any atom is 0.355 e. The molecule has 0 saturated heterocycles. The molecule has 1 heterocycles. The number of rotatable bonds is 11. The van der Waals surface area contributed by atoms with Crippen molar-refractivity contribution >= 4 is 23.5 Å². The van der Waals surface area contributed by atoms with Gasteiger partial charge in [0.1, 0.15) is 12.0 Å². The number of aryl methyl sites for hydroxylation is 1. The maximum absolute atomic E-state index is 14.2. The third-order valence-corrected chi connectivity index (χ3v) is 6.35. The van der Waals surface area contributed by atoms with E-state index in [-0.39, 0.29) is 35.7 Å². The van der Waals surface area contributed by atoms with Crippen molar-refractivity contribution in [2.24, 2.45) is 0 Å². The molecule has 0 amide bonds. The zero-order valence-electron chi connectivity index (χ0n) is 23.2. The van der Waals surface area contributed by atoms with Gasteiger partial charge in [-0.15, -0.1) is 0 Å². The van der Waals surface area contributed by atoms with Crippen molar-refractivity contribution in [2.75, 3.05) is 19.5 Å². The van der Waals surface area contributed by atoms with Gasteiger partial charge < -0.3 is 15.4 Å². The van der Waals surface area contributed by atoms with Crippen molar-refractivity contribution in [3.63, 3.8) is 0 Å². The van der Waals surface area contributed by atoms with Gasteiger partial charge in [-0.25, -0.2) is 22.9 Å². The molecule has 0 aliphatic carbocycles. The van der Waals surface area contributed by atoms with Crippen LogP contribution in [-0.4, -0.2) is 34.6 Å². The number of carbonyl (C=O) groups is 1. The third-order valence-electron chi connectivity index (χ3n) is 6.35. The summed E-state index contributed by atoms with van der Waals surface area (Å²) in [6.45, 7) is 0.796. The fourth-order valence-electron chi connectivity index (χ4n) is 4.27. The lowest BCUT2D eigenvalue weighted by Gasteiger charge is -2.16. The number of hydrogen-bond acceptors (Lipinski definition) is 7. The summed E-state index contributed by atoms with van der Waals surface area (Å²) in [6.07, 6.45) is 3.81. The number of aromatic nitrogens is 3. The van der Waals surface area contributed by atoms with Crippen LogP contribution in [0.25, 0.3) is 5.57 Å². The number of benzene rings is 3. The molecule has 42 heavy (non-hydrogen) atoms. The fraction of sp³-hybridized carbons (Fsp3) is 0.161. The molecule has 0 atom stereocenters. The Kier molecular flexibility index (Phi) is 9.43. The van der Waals surface area contributed by atoms with Gasteiger partial charge in [0.15, 0.2) is 11.6 Å². The number of hydrogen-bond donors (Lipinski definition) is 2. The molecule has 0 aliphatic heterocycles. The Morgan fingerprint density at radius 2 is 1.74 bits per heavy atom. The first-order valence-electron chi connectivity index (χ1n) is 12.9. The molecule has 0 spiro atoms. The topological polar surface area (TPSA) is 107 Å². The summed E-state index contributed by atoms with van der Waals surface area (Å²) in [5, 5.41) is 5.87. The Morgan fingerprint density at radius 3 is 2.36 bits per heavy atom. The molecular weight excluding hydrogens is 544 g/mol. The zero-order valence-corrected chi connectivity index (χ0v) is 23.2. The summed E-state index contributed by atoms with van der Waals surface area (Å²) in [5.41, 5.74) is 0.701. The first-order chi connectivity index (χ1) is 20.2. The minimum absolute atomic E-state index is 0.0555. The number of carbonyl (C=O) groups excluding carboxylic acids is 1. The van der Waals surface area contributed by atoms with Gasteiger partial charge in [-0.3, -0.25) is 9.36 Å². The van der Waals surface area contributed by atoms with Crippen LogP contribution in [-0.2, 0) is 17.9 Å². The van der Waals surface area contributed by atoms with E-state index < -0.39 is 23.0 Å². The number of anilines is 2. The van der Waals surface area contributed by atoms with E-state index in [1.165, 1.54) is 20.1 Å². The lowest BCUT2D eigenvalue weighted by Crippen LogP contribution is -2.43. The normalized spacial score (nSPS) is 11.7. The summed E-state index contributed by atoms with van der Waals surface area (Å²) < 4.78 is 35.3. The second kappa shape index (κ2) is 13.4. The van der Waals surface area contributed by atoms with Gasteiger partial charge in [0.25, 0.3) is 0 Å². The Bertz CT molecular complexity index is 1740. The molecule has 0 radical (unpaired) electrons. The van der Waals surface area contributed by atoms with Crippen LogP contribution in [0.15, 0.2) is 94.2 Å². The van der Waals surface area contributed by atoms with Gasteiger partial charge >= 0.3 is 11.4 Å². The van der Waals surface area contributed by atoms with Gasteiger partial charge in [0.05, 0.1) is 20.2 Å². The van der Waals surface area contributed by atoms with Gasteiger partial charge in [-0.05, 0) is 65.6 Å². The Balaban J connectivity index is 1.80. The number of aldehydes is 1. The quantitative estimate of drug-likeness (QED) is 0.158. The van der Waals surface area contributed by atoms with Gasteiger partial charge in [0.2, 0.25) is 5.95 Å². The number of methoxy groups -OCH3 is 1. The molecule has 9 nitrogen and oxygen atoms in total. The number of ether oxygens (including phenoxy) is 1. The van der Waals surface area contributed by atoms with Crippen LogP contribution in [0.2, 0.25) is 0 Å². The molecule has 0 bridgehead atoms. The molecule has 2 N–H and O–H groups in total. The van der Waals surface area contributed by atoms with E-state index in [4.69, 9.17) is 4.74 Å². The van der Waals surface area contributed by atoms with Crippen molar-refractivity contribution in [3.8, 4) is 5.75 Å².